The minimum absolute atomic E-state index is 0.0113. The van der Waals surface area contributed by atoms with Crippen molar-refractivity contribution in [3.05, 3.63) is 24.3 Å². The fourth-order valence-electron chi connectivity index (χ4n) is 1.55. The molecule has 0 aliphatic carbocycles. The Labute approximate surface area is 119 Å². The number of alkyl halides is 3. The van der Waals surface area contributed by atoms with Crippen LogP contribution in [-0.4, -0.2) is 40.4 Å². The average molecular weight is 307 g/mol. The molecule has 0 saturated carbocycles. The lowest BCUT2D eigenvalue weighted by Gasteiger charge is -2.27. The molecule has 0 aromatic heterocycles. The maximum atomic E-state index is 12.4. The van der Waals surface area contributed by atoms with Crippen LogP contribution in [0.4, 0.5) is 13.2 Å². The van der Waals surface area contributed by atoms with E-state index >= 15 is 0 Å². The third kappa shape index (κ3) is 5.32. The van der Waals surface area contributed by atoms with Crippen molar-refractivity contribution < 1.29 is 23.1 Å². The summed E-state index contributed by atoms with van der Waals surface area (Å²) in [5, 5.41) is 9.53. The molecule has 1 aromatic rings. The number of carbonyl (C=O) groups is 1. The highest BCUT2D eigenvalue weighted by molar-refractivity contribution is 8.00. The van der Waals surface area contributed by atoms with Gasteiger partial charge in [-0.1, -0.05) is 12.1 Å². The van der Waals surface area contributed by atoms with E-state index in [1.807, 2.05) is 0 Å². The number of benzene rings is 1. The summed E-state index contributed by atoms with van der Waals surface area (Å²) in [6.45, 7) is 1.81. The maximum absolute atomic E-state index is 12.4. The predicted molar refractivity (Wildman–Crippen MR) is 71.7 cm³/mol. The van der Waals surface area contributed by atoms with Crippen LogP contribution in [-0.2, 0) is 4.79 Å². The second-order valence-corrected chi connectivity index (χ2v) is 5.50. The number of thioether (sulfide) groups is 1. The Morgan fingerprint density at radius 2 is 1.95 bits per heavy atom. The largest absolute Gasteiger partial charge is 0.507 e. The van der Waals surface area contributed by atoms with Crippen molar-refractivity contribution >= 4 is 17.7 Å². The fourth-order valence-corrected chi connectivity index (χ4v) is 2.39. The quantitative estimate of drug-likeness (QED) is 0.849. The zero-order valence-corrected chi connectivity index (χ0v) is 12.0. The number of nitrogens with zero attached hydrogens (tertiary/aromatic N) is 1. The third-order valence-electron chi connectivity index (χ3n) is 2.51. The molecular formula is C13H16F3NO2S. The van der Waals surface area contributed by atoms with Gasteiger partial charge in [0.25, 0.3) is 0 Å². The van der Waals surface area contributed by atoms with Crippen LogP contribution in [0, 0.1) is 0 Å². The van der Waals surface area contributed by atoms with E-state index in [4.69, 9.17) is 0 Å². The van der Waals surface area contributed by atoms with Crippen molar-refractivity contribution in [2.75, 3.05) is 12.3 Å². The van der Waals surface area contributed by atoms with Gasteiger partial charge in [0.1, 0.15) is 12.3 Å². The predicted octanol–water partition coefficient (Wildman–Crippen LogP) is 3.28. The fraction of sp³-hybridized carbons (Fsp3) is 0.462. The third-order valence-corrected chi connectivity index (χ3v) is 3.56. The van der Waals surface area contributed by atoms with E-state index in [0.29, 0.717) is 4.90 Å². The van der Waals surface area contributed by atoms with Crippen LogP contribution in [0.15, 0.2) is 29.2 Å². The summed E-state index contributed by atoms with van der Waals surface area (Å²) in [7, 11) is 0. The number of para-hydroxylation sites is 1. The number of halogens is 3. The maximum Gasteiger partial charge on any atom is 0.406 e. The summed E-state index contributed by atoms with van der Waals surface area (Å²) >= 11 is 1.02. The lowest BCUT2D eigenvalue weighted by Crippen LogP contribution is -2.44. The Balaban J connectivity index is 2.66. The van der Waals surface area contributed by atoms with E-state index < -0.39 is 24.7 Å². The number of amides is 1. The first-order chi connectivity index (χ1) is 9.20. The summed E-state index contributed by atoms with van der Waals surface area (Å²) in [6.07, 6.45) is -4.42. The summed E-state index contributed by atoms with van der Waals surface area (Å²) in [5.74, 6) is -0.742. The van der Waals surface area contributed by atoms with Crippen LogP contribution in [0.2, 0.25) is 0 Å². The van der Waals surface area contributed by atoms with Crippen LogP contribution in [0.1, 0.15) is 13.8 Å². The Bertz CT molecular complexity index is 463. The first-order valence-electron chi connectivity index (χ1n) is 5.97. The summed E-state index contributed by atoms with van der Waals surface area (Å²) in [5.41, 5.74) is 0. The highest BCUT2D eigenvalue weighted by atomic mass is 32.2. The number of hydrogen-bond acceptors (Lipinski definition) is 3. The van der Waals surface area contributed by atoms with Gasteiger partial charge in [0, 0.05) is 10.9 Å². The molecule has 1 rings (SSSR count). The van der Waals surface area contributed by atoms with Gasteiger partial charge >= 0.3 is 6.18 Å². The van der Waals surface area contributed by atoms with Crippen molar-refractivity contribution in [2.24, 2.45) is 0 Å². The molecule has 1 aromatic carbocycles. The Morgan fingerprint density at radius 1 is 1.35 bits per heavy atom. The van der Waals surface area contributed by atoms with E-state index in [9.17, 15) is 23.1 Å². The molecule has 0 unspecified atom stereocenters. The van der Waals surface area contributed by atoms with Crippen molar-refractivity contribution in [2.45, 2.75) is 31.0 Å². The van der Waals surface area contributed by atoms with E-state index in [0.717, 1.165) is 16.7 Å². The molecule has 0 aliphatic rings. The zero-order valence-electron chi connectivity index (χ0n) is 11.1. The van der Waals surface area contributed by atoms with Crippen LogP contribution >= 0.6 is 11.8 Å². The Kier molecular flexibility index (Phi) is 5.74. The molecule has 0 heterocycles. The minimum atomic E-state index is -4.42. The summed E-state index contributed by atoms with van der Waals surface area (Å²) in [4.78, 5) is 13.1. The molecule has 20 heavy (non-hydrogen) atoms. The van der Waals surface area contributed by atoms with Crippen molar-refractivity contribution in [3.63, 3.8) is 0 Å². The molecule has 0 aliphatic heterocycles. The van der Waals surface area contributed by atoms with Crippen LogP contribution in [0.25, 0.3) is 0 Å². The van der Waals surface area contributed by atoms with Crippen molar-refractivity contribution in [3.8, 4) is 5.75 Å². The molecule has 0 saturated heterocycles. The van der Waals surface area contributed by atoms with E-state index in [2.05, 4.69) is 0 Å². The lowest BCUT2D eigenvalue weighted by molar-refractivity contribution is -0.162. The average Bonchev–Trinajstić information content (AvgIpc) is 2.33. The van der Waals surface area contributed by atoms with E-state index in [1.165, 1.54) is 19.9 Å². The molecular weight excluding hydrogens is 291 g/mol. The van der Waals surface area contributed by atoms with Crippen LogP contribution in [0.3, 0.4) is 0 Å². The molecule has 3 nitrogen and oxygen atoms in total. The highest BCUT2D eigenvalue weighted by Crippen LogP contribution is 2.28. The van der Waals surface area contributed by atoms with Gasteiger partial charge in [0.2, 0.25) is 5.91 Å². The smallest absolute Gasteiger partial charge is 0.406 e. The van der Waals surface area contributed by atoms with Crippen LogP contribution < -0.4 is 0 Å². The summed E-state index contributed by atoms with van der Waals surface area (Å²) in [6, 6.07) is 5.85. The van der Waals surface area contributed by atoms with Crippen LogP contribution in [0.5, 0.6) is 5.75 Å². The SMILES string of the molecule is CC(C)N(CC(F)(F)F)C(=O)CSc1ccccc1O. The van der Waals surface area contributed by atoms with Gasteiger partial charge in [-0.05, 0) is 26.0 Å². The van der Waals surface area contributed by atoms with Crippen molar-refractivity contribution in [1.29, 1.82) is 0 Å². The van der Waals surface area contributed by atoms with Gasteiger partial charge in [-0.2, -0.15) is 13.2 Å². The highest BCUT2D eigenvalue weighted by Gasteiger charge is 2.34. The van der Waals surface area contributed by atoms with Gasteiger partial charge in [0.05, 0.1) is 5.75 Å². The van der Waals surface area contributed by atoms with E-state index in [-0.39, 0.29) is 11.5 Å². The molecule has 112 valence electrons. The first-order valence-corrected chi connectivity index (χ1v) is 6.96. The molecule has 0 spiro atoms. The minimum Gasteiger partial charge on any atom is -0.507 e. The standard InChI is InChI=1S/C13H16F3NO2S/c1-9(2)17(8-13(14,15)16)12(19)7-20-11-6-4-3-5-10(11)18/h3-6,9,18H,7-8H2,1-2H3. The molecule has 0 fully saturated rings. The lowest BCUT2D eigenvalue weighted by atomic mass is 10.3. The van der Waals surface area contributed by atoms with Gasteiger partial charge in [0.15, 0.2) is 0 Å². The zero-order chi connectivity index (χ0) is 15.3. The molecule has 0 radical (unpaired) electrons. The molecule has 1 N–H and O–H groups in total. The second kappa shape index (κ2) is 6.88. The Hall–Kier alpha value is -1.37. The molecule has 0 atom stereocenters. The first kappa shape index (κ1) is 16.7. The van der Waals surface area contributed by atoms with Gasteiger partial charge < -0.3 is 10.0 Å². The normalized spacial score (nSPS) is 11.7. The number of hydrogen-bond donors (Lipinski definition) is 1. The van der Waals surface area contributed by atoms with Gasteiger partial charge in [-0.15, -0.1) is 11.8 Å². The monoisotopic (exact) mass is 307 g/mol. The number of carbonyl (C=O) groups excluding carboxylic acids is 1. The molecule has 1 amide bonds. The topological polar surface area (TPSA) is 40.5 Å². The number of phenols is 1. The number of phenolic OH excluding ortho intramolecular Hbond substituents is 1. The number of rotatable bonds is 5. The second-order valence-electron chi connectivity index (χ2n) is 4.49. The number of aromatic hydroxyl groups is 1. The van der Waals surface area contributed by atoms with Gasteiger partial charge in [-0.3, -0.25) is 4.79 Å². The van der Waals surface area contributed by atoms with Crippen molar-refractivity contribution in [1.82, 2.24) is 4.90 Å². The Morgan fingerprint density at radius 3 is 2.45 bits per heavy atom. The van der Waals surface area contributed by atoms with E-state index in [1.54, 1.807) is 18.2 Å². The molecule has 7 heteroatoms. The summed E-state index contributed by atoms with van der Waals surface area (Å²) < 4.78 is 37.2. The van der Waals surface area contributed by atoms with Gasteiger partial charge in [-0.25, -0.2) is 0 Å². The molecule has 0 bridgehead atoms.